The second-order valence-electron chi connectivity index (χ2n) is 3.58. The van der Waals surface area contributed by atoms with E-state index in [1.165, 1.54) is 17.9 Å². The fraction of sp³-hybridized carbons (Fsp3) is 0.500. The molecule has 0 aliphatic carbocycles. The van der Waals surface area contributed by atoms with Crippen LogP contribution in [0.2, 0.25) is 0 Å². The number of thioether (sulfide) groups is 1. The van der Waals surface area contributed by atoms with Gasteiger partial charge in [0, 0.05) is 24.5 Å². The molecule has 1 aliphatic heterocycles. The van der Waals surface area contributed by atoms with Crippen LogP contribution in [0.4, 0.5) is 11.5 Å². The van der Waals surface area contributed by atoms with Gasteiger partial charge in [0.15, 0.2) is 0 Å². The molecule has 1 saturated heterocycles. The number of nitrogen functional groups attached to an aromatic ring is 1. The zero-order valence-corrected chi connectivity index (χ0v) is 8.89. The second kappa shape index (κ2) is 4.55. The molecule has 0 spiro atoms. The van der Waals surface area contributed by atoms with Gasteiger partial charge in [-0.15, -0.1) is 0 Å². The molecule has 0 aromatic carbocycles. The number of hydrogen-bond acceptors (Lipinski definition) is 4. The SMILES string of the molecule is Nc1cc(NCC2CCSC2)ccn1. The second-order valence-corrected chi connectivity index (χ2v) is 4.73. The average Bonchev–Trinajstić information content (AvgIpc) is 2.67. The minimum atomic E-state index is 0.579. The van der Waals surface area contributed by atoms with Crippen LogP contribution < -0.4 is 11.1 Å². The van der Waals surface area contributed by atoms with Crippen molar-refractivity contribution in [2.75, 3.05) is 29.1 Å². The highest BCUT2D eigenvalue weighted by atomic mass is 32.2. The number of nitrogens with one attached hydrogen (secondary N) is 1. The number of nitrogens with two attached hydrogens (primary N) is 1. The fourth-order valence-corrected chi connectivity index (χ4v) is 2.85. The van der Waals surface area contributed by atoms with E-state index in [1.807, 2.05) is 23.9 Å². The first-order valence-electron chi connectivity index (χ1n) is 4.88. The van der Waals surface area contributed by atoms with Crippen LogP contribution in [0.3, 0.4) is 0 Å². The van der Waals surface area contributed by atoms with E-state index in [2.05, 4.69) is 10.3 Å². The summed E-state index contributed by atoms with van der Waals surface area (Å²) < 4.78 is 0. The zero-order valence-electron chi connectivity index (χ0n) is 8.07. The van der Waals surface area contributed by atoms with Crippen molar-refractivity contribution in [1.29, 1.82) is 0 Å². The van der Waals surface area contributed by atoms with Gasteiger partial charge in [-0.3, -0.25) is 0 Å². The van der Waals surface area contributed by atoms with Gasteiger partial charge in [-0.2, -0.15) is 11.8 Å². The Bertz CT molecular complexity index is 297. The number of hydrogen-bond donors (Lipinski definition) is 2. The molecule has 3 nitrogen and oxygen atoms in total. The van der Waals surface area contributed by atoms with Gasteiger partial charge in [0.05, 0.1) is 0 Å². The van der Waals surface area contributed by atoms with Crippen molar-refractivity contribution in [3.05, 3.63) is 18.3 Å². The van der Waals surface area contributed by atoms with E-state index in [9.17, 15) is 0 Å². The van der Waals surface area contributed by atoms with Gasteiger partial charge >= 0.3 is 0 Å². The predicted molar refractivity (Wildman–Crippen MR) is 62.6 cm³/mol. The molecule has 76 valence electrons. The summed E-state index contributed by atoms with van der Waals surface area (Å²) in [6.45, 7) is 1.05. The van der Waals surface area contributed by atoms with Gasteiger partial charge in [-0.25, -0.2) is 4.98 Å². The third kappa shape index (κ3) is 2.54. The van der Waals surface area contributed by atoms with Crippen LogP contribution in [-0.2, 0) is 0 Å². The molecule has 2 heterocycles. The minimum absolute atomic E-state index is 0.579. The molecule has 1 aromatic rings. The first-order valence-corrected chi connectivity index (χ1v) is 6.03. The lowest BCUT2D eigenvalue weighted by Gasteiger charge is -2.11. The number of anilines is 2. The van der Waals surface area contributed by atoms with Crippen molar-refractivity contribution in [1.82, 2.24) is 4.98 Å². The van der Waals surface area contributed by atoms with Crippen molar-refractivity contribution in [2.24, 2.45) is 5.92 Å². The van der Waals surface area contributed by atoms with Crippen LogP contribution in [0.25, 0.3) is 0 Å². The summed E-state index contributed by atoms with van der Waals surface area (Å²) in [5, 5.41) is 3.39. The molecule has 1 fully saturated rings. The van der Waals surface area contributed by atoms with Crippen LogP contribution in [0.15, 0.2) is 18.3 Å². The molecule has 0 bridgehead atoms. The van der Waals surface area contributed by atoms with Crippen LogP contribution in [0.1, 0.15) is 6.42 Å². The predicted octanol–water partition coefficient (Wildman–Crippen LogP) is 1.83. The highest BCUT2D eigenvalue weighted by Crippen LogP contribution is 2.23. The van der Waals surface area contributed by atoms with Crippen LogP contribution in [0.5, 0.6) is 0 Å². The normalized spacial score (nSPS) is 21.0. The number of nitrogens with zero attached hydrogens (tertiary/aromatic N) is 1. The Morgan fingerprint density at radius 2 is 2.57 bits per heavy atom. The third-order valence-electron chi connectivity index (χ3n) is 2.40. The van der Waals surface area contributed by atoms with E-state index in [0.29, 0.717) is 5.82 Å². The number of pyridine rings is 1. The molecular formula is C10H15N3S. The average molecular weight is 209 g/mol. The lowest BCUT2D eigenvalue weighted by atomic mass is 10.1. The first kappa shape index (κ1) is 9.65. The summed E-state index contributed by atoms with van der Waals surface area (Å²) in [4.78, 5) is 3.95. The molecular weight excluding hydrogens is 194 g/mol. The summed E-state index contributed by atoms with van der Waals surface area (Å²) in [7, 11) is 0. The fourth-order valence-electron chi connectivity index (χ4n) is 1.56. The summed E-state index contributed by atoms with van der Waals surface area (Å²) >= 11 is 2.04. The lowest BCUT2D eigenvalue weighted by molar-refractivity contribution is 0.632. The van der Waals surface area contributed by atoms with Crippen LogP contribution in [0, 0.1) is 5.92 Å². The Morgan fingerprint density at radius 3 is 3.29 bits per heavy atom. The molecule has 2 rings (SSSR count). The molecule has 1 aromatic heterocycles. The van der Waals surface area contributed by atoms with Crippen molar-refractivity contribution in [3.63, 3.8) is 0 Å². The molecule has 1 unspecified atom stereocenters. The Hall–Kier alpha value is -0.900. The van der Waals surface area contributed by atoms with Crippen molar-refractivity contribution >= 4 is 23.3 Å². The summed E-state index contributed by atoms with van der Waals surface area (Å²) in [6, 6.07) is 3.83. The monoisotopic (exact) mass is 209 g/mol. The van der Waals surface area contributed by atoms with Gasteiger partial charge in [0.25, 0.3) is 0 Å². The van der Waals surface area contributed by atoms with E-state index >= 15 is 0 Å². The van der Waals surface area contributed by atoms with Crippen molar-refractivity contribution in [2.45, 2.75) is 6.42 Å². The maximum atomic E-state index is 5.59. The van der Waals surface area contributed by atoms with Crippen molar-refractivity contribution < 1.29 is 0 Å². The number of aromatic nitrogens is 1. The Labute approximate surface area is 88.5 Å². The van der Waals surface area contributed by atoms with Crippen molar-refractivity contribution in [3.8, 4) is 0 Å². The maximum absolute atomic E-state index is 5.59. The summed E-state index contributed by atoms with van der Waals surface area (Å²) in [5.74, 6) is 3.99. The minimum Gasteiger partial charge on any atom is -0.385 e. The smallest absolute Gasteiger partial charge is 0.125 e. The number of rotatable bonds is 3. The Kier molecular flexibility index (Phi) is 3.14. The van der Waals surface area contributed by atoms with Crippen LogP contribution in [-0.4, -0.2) is 23.0 Å². The first-order chi connectivity index (χ1) is 6.84. The van der Waals surface area contributed by atoms with Crippen LogP contribution >= 0.6 is 11.8 Å². The highest BCUT2D eigenvalue weighted by Gasteiger charge is 2.14. The van der Waals surface area contributed by atoms with Gasteiger partial charge in [0.1, 0.15) is 5.82 Å². The van der Waals surface area contributed by atoms with E-state index in [0.717, 1.165) is 18.2 Å². The van der Waals surface area contributed by atoms with E-state index in [-0.39, 0.29) is 0 Å². The molecule has 0 saturated carbocycles. The molecule has 0 amide bonds. The lowest BCUT2D eigenvalue weighted by Crippen LogP contribution is -2.13. The zero-order chi connectivity index (χ0) is 9.80. The molecule has 0 radical (unpaired) electrons. The van der Waals surface area contributed by atoms with Gasteiger partial charge in [0.2, 0.25) is 0 Å². The van der Waals surface area contributed by atoms with Gasteiger partial charge < -0.3 is 11.1 Å². The molecule has 1 atom stereocenters. The quantitative estimate of drug-likeness (QED) is 0.797. The molecule has 4 heteroatoms. The third-order valence-corrected chi connectivity index (χ3v) is 3.63. The van der Waals surface area contributed by atoms with Gasteiger partial charge in [-0.05, 0) is 29.9 Å². The van der Waals surface area contributed by atoms with Gasteiger partial charge in [-0.1, -0.05) is 0 Å². The highest BCUT2D eigenvalue weighted by molar-refractivity contribution is 7.99. The standard InChI is InChI=1S/C10H15N3S/c11-10-5-9(1-3-12-10)13-6-8-2-4-14-7-8/h1,3,5,8H,2,4,6-7H2,(H3,11,12,13). The molecule has 3 N–H and O–H groups in total. The van der Waals surface area contributed by atoms with E-state index < -0.39 is 0 Å². The Morgan fingerprint density at radius 1 is 1.64 bits per heavy atom. The maximum Gasteiger partial charge on any atom is 0.125 e. The summed E-state index contributed by atoms with van der Waals surface area (Å²) in [6.07, 6.45) is 3.07. The Balaban J connectivity index is 1.85. The van der Waals surface area contributed by atoms with E-state index in [1.54, 1.807) is 6.20 Å². The topological polar surface area (TPSA) is 50.9 Å². The van der Waals surface area contributed by atoms with E-state index in [4.69, 9.17) is 5.73 Å². The molecule has 1 aliphatic rings. The largest absolute Gasteiger partial charge is 0.385 e. The summed E-state index contributed by atoms with van der Waals surface area (Å²) in [5.41, 5.74) is 6.67. The molecule has 14 heavy (non-hydrogen) atoms.